The van der Waals surface area contributed by atoms with Gasteiger partial charge in [0.15, 0.2) is 0 Å². The summed E-state index contributed by atoms with van der Waals surface area (Å²) in [6.07, 6.45) is 0.721. The fourth-order valence-corrected chi connectivity index (χ4v) is 3.14. The highest BCUT2D eigenvalue weighted by Gasteiger charge is 2.08. The maximum Gasteiger partial charge on any atom is 0.251 e. The lowest BCUT2D eigenvalue weighted by Crippen LogP contribution is -2.25. The van der Waals surface area contributed by atoms with E-state index in [4.69, 9.17) is 16.3 Å². The molecule has 0 radical (unpaired) electrons. The molecule has 0 bridgehead atoms. The van der Waals surface area contributed by atoms with Crippen molar-refractivity contribution < 1.29 is 9.53 Å². The Morgan fingerprint density at radius 1 is 1.19 bits per heavy atom. The standard InChI is InChI=1S/C19H18ClN3O2S/c1-13-18(23-26-22-13)12-25-17-7-3-5-15(11-17)19(24)21-9-8-14-4-2-6-16(20)10-14/h2-7,10-11H,8-9,12H2,1H3,(H,21,24). The fraction of sp³-hybridized carbons (Fsp3) is 0.211. The SMILES string of the molecule is Cc1nsnc1COc1cccc(C(=O)NCCc2cccc(Cl)c2)c1. The van der Waals surface area contributed by atoms with Gasteiger partial charge in [0, 0.05) is 17.1 Å². The summed E-state index contributed by atoms with van der Waals surface area (Å²) in [5.41, 5.74) is 3.32. The lowest BCUT2D eigenvalue weighted by Gasteiger charge is -2.08. The summed E-state index contributed by atoms with van der Waals surface area (Å²) in [7, 11) is 0. The van der Waals surface area contributed by atoms with Gasteiger partial charge in [0.1, 0.15) is 18.1 Å². The molecule has 0 fully saturated rings. The normalized spacial score (nSPS) is 10.5. The van der Waals surface area contributed by atoms with Crippen molar-refractivity contribution in [1.82, 2.24) is 14.1 Å². The molecule has 0 atom stereocenters. The minimum Gasteiger partial charge on any atom is -0.487 e. The van der Waals surface area contributed by atoms with Crippen molar-refractivity contribution >= 4 is 29.2 Å². The molecule has 2 aromatic carbocycles. The first-order chi connectivity index (χ1) is 12.6. The summed E-state index contributed by atoms with van der Waals surface area (Å²) < 4.78 is 14.0. The number of carbonyl (C=O) groups excluding carboxylic acids is 1. The van der Waals surface area contributed by atoms with Crippen LogP contribution in [0.4, 0.5) is 0 Å². The van der Waals surface area contributed by atoms with Crippen LogP contribution in [0.2, 0.25) is 5.02 Å². The third-order valence-corrected chi connectivity index (χ3v) is 4.70. The number of hydrogen-bond donors (Lipinski definition) is 1. The number of nitrogens with zero attached hydrogens (tertiary/aromatic N) is 2. The van der Waals surface area contributed by atoms with E-state index in [-0.39, 0.29) is 5.91 Å². The van der Waals surface area contributed by atoms with Crippen molar-refractivity contribution in [3.05, 3.63) is 76.1 Å². The molecule has 0 aliphatic heterocycles. The molecule has 3 rings (SSSR count). The highest BCUT2D eigenvalue weighted by atomic mass is 35.5. The number of nitrogens with one attached hydrogen (secondary N) is 1. The van der Waals surface area contributed by atoms with Gasteiger partial charge in [-0.2, -0.15) is 8.75 Å². The molecular weight excluding hydrogens is 370 g/mol. The van der Waals surface area contributed by atoms with E-state index in [0.717, 1.165) is 23.4 Å². The number of rotatable bonds is 7. The summed E-state index contributed by atoms with van der Waals surface area (Å²) in [4.78, 5) is 12.3. The number of carbonyl (C=O) groups is 1. The second-order valence-electron chi connectivity index (χ2n) is 5.75. The summed E-state index contributed by atoms with van der Waals surface area (Å²) in [6, 6.07) is 14.7. The zero-order valence-corrected chi connectivity index (χ0v) is 15.8. The van der Waals surface area contributed by atoms with Gasteiger partial charge in [0.05, 0.1) is 17.4 Å². The third kappa shape index (κ3) is 5.03. The molecule has 0 saturated carbocycles. The van der Waals surface area contributed by atoms with Crippen LogP contribution < -0.4 is 10.1 Å². The van der Waals surface area contributed by atoms with Crippen LogP contribution in [0.25, 0.3) is 0 Å². The molecule has 3 aromatic rings. The molecule has 0 aliphatic carbocycles. The fourth-order valence-electron chi connectivity index (χ4n) is 2.37. The van der Waals surface area contributed by atoms with Gasteiger partial charge >= 0.3 is 0 Å². The first-order valence-corrected chi connectivity index (χ1v) is 9.26. The van der Waals surface area contributed by atoms with Crippen molar-refractivity contribution in [1.29, 1.82) is 0 Å². The molecule has 0 unspecified atom stereocenters. The molecule has 0 saturated heterocycles. The zero-order valence-electron chi connectivity index (χ0n) is 14.2. The van der Waals surface area contributed by atoms with E-state index in [1.54, 1.807) is 18.2 Å². The zero-order chi connectivity index (χ0) is 18.4. The van der Waals surface area contributed by atoms with Crippen molar-refractivity contribution in [3.63, 3.8) is 0 Å². The molecule has 5 nitrogen and oxygen atoms in total. The largest absolute Gasteiger partial charge is 0.487 e. The maximum atomic E-state index is 12.3. The second kappa shape index (κ2) is 8.78. The Labute approximate surface area is 161 Å². The number of benzene rings is 2. The van der Waals surface area contributed by atoms with E-state index in [1.165, 1.54) is 11.7 Å². The van der Waals surface area contributed by atoms with Gasteiger partial charge in [-0.25, -0.2) is 0 Å². The van der Waals surface area contributed by atoms with Gasteiger partial charge in [-0.1, -0.05) is 29.8 Å². The maximum absolute atomic E-state index is 12.3. The Morgan fingerprint density at radius 2 is 2.04 bits per heavy atom. The topological polar surface area (TPSA) is 64.1 Å². The van der Waals surface area contributed by atoms with E-state index in [0.29, 0.717) is 29.5 Å². The van der Waals surface area contributed by atoms with Gasteiger partial charge < -0.3 is 10.1 Å². The number of hydrogen-bond acceptors (Lipinski definition) is 5. The Hall–Kier alpha value is -2.44. The predicted octanol–water partition coefficient (Wildman–Crippen LogP) is 4.05. The Morgan fingerprint density at radius 3 is 2.81 bits per heavy atom. The lowest BCUT2D eigenvalue weighted by atomic mass is 10.1. The number of amides is 1. The quantitative estimate of drug-likeness (QED) is 0.664. The average Bonchev–Trinajstić information content (AvgIpc) is 3.05. The summed E-state index contributed by atoms with van der Waals surface area (Å²) in [6.45, 7) is 2.77. The third-order valence-electron chi connectivity index (χ3n) is 3.81. The average molecular weight is 388 g/mol. The molecule has 0 aliphatic rings. The Balaban J connectivity index is 1.53. The lowest BCUT2D eigenvalue weighted by molar-refractivity contribution is 0.0953. The van der Waals surface area contributed by atoms with E-state index in [9.17, 15) is 4.79 Å². The van der Waals surface area contributed by atoms with Crippen LogP contribution in [0.1, 0.15) is 27.3 Å². The van der Waals surface area contributed by atoms with Gasteiger partial charge in [-0.15, -0.1) is 0 Å². The monoisotopic (exact) mass is 387 g/mol. The Bertz CT molecular complexity index is 898. The van der Waals surface area contributed by atoms with Crippen molar-refractivity contribution in [2.75, 3.05) is 6.54 Å². The number of aromatic nitrogens is 2. The van der Waals surface area contributed by atoms with Crippen LogP contribution in [-0.2, 0) is 13.0 Å². The Kier molecular flexibility index (Phi) is 6.20. The van der Waals surface area contributed by atoms with Crippen LogP contribution in [0.15, 0.2) is 48.5 Å². The van der Waals surface area contributed by atoms with Gasteiger partial charge in [0.2, 0.25) is 0 Å². The minimum atomic E-state index is -0.135. The molecule has 26 heavy (non-hydrogen) atoms. The molecule has 1 amide bonds. The smallest absolute Gasteiger partial charge is 0.251 e. The van der Waals surface area contributed by atoms with Gasteiger partial charge in [-0.3, -0.25) is 4.79 Å². The molecule has 1 aromatic heterocycles. The summed E-state index contributed by atoms with van der Waals surface area (Å²) >= 11 is 7.13. The van der Waals surface area contributed by atoms with E-state index < -0.39 is 0 Å². The number of aryl methyl sites for hydroxylation is 1. The predicted molar refractivity (Wildman–Crippen MR) is 103 cm³/mol. The minimum absolute atomic E-state index is 0.135. The molecular formula is C19H18ClN3O2S. The second-order valence-corrected chi connectivity index (χ2v) is 6.71. The van der Waals surface area contributed by atoms with Crippen LogP contribution in [0.5, 0.6) is 5.75 Å². The van der Waals surface area contributed by atoms with Crippen molar-refractivity contribution in [2.24, 2.45) is 0 Å². The highest BCUT2D eigenvalue weighted by Crippen LogP contribution is 2.16. The molecule has 1 heterocycles. The van der Waals surface area contributed by atoms with Gasteiger partial charge in [0.25, 0.3) is 5.91 Å². The van der Waals surface area contributed by atoms with Crippen LogP contribution in [0, 0.1) is 6.92 Å². The van der Waals surface area contributed by atoms with Crippen molar-refractivity contribution in [2.45, 2.75) is 20.0 Å². The van der Waals surface area contributed by atoms with Crippen LogP contribution in [0.3, 0.4) is 0 Å². The van der Waals surface area contributed by atoms with Crippen LogP contribution in [-0.4, -0.2) is 21.2 Å². The van der Waals surface area contributed by atoms with E-state index in [1.807, 2.05) is 37.3 Å². The summed E-state index contributed by atoms with van der Waals surface area (Å²) in [5.74, 6) is 0.490. The number of ether oxygens (including phenoxy) is 1. The van der Waals surface area contributed by atoms with Gasteiger partial charge in [-0.05, 0) is 49.2 Å². The molecule has 134 valence electrons. The highest BCUT2D eigenvalue weighted by molar-refractivity contribution is 6.99. The molecule has 7 heteroatoms. The van der Waals surface area contributed by atoms with Crippen molar-refractivity contribution in [3.8, 4) is 5.75 Å². The first kappa shape index (κ1) is 18.4. The van der Waals surface area contributed by atoms with E-state index in [2.05, 4.69) is 14.1 Å². The first-order valence-electron chi connectivity index (χ1n) is 8.15. The van der Waals surface area contributed by atoms with Crippen LogP contribution >= 0.6 is 23.3 Å². The molecule has 1 N–H and O–H groups in total. The number of halogens is 1. The molecule has 0 spiro atoms. The van der Waals surface area contributed by atoms with E-state index >= 15 is 0 Å². The summed E-state index contributed by atoms with van der Waals surface area (Å²) in [5, 5.41) is 3.61.